The van der Waals surface area contributed by atoms with E-state index < -0.39 is 0 Å². The van der Waals surface area contributed by atoms with Crippen LogP contribution in [0, 0.1) is 5.92 Å². The SMILES string of the molecule is Cl.O=C(NCC1CNCC1O)c1ccc(-c2ccc(Br)cc2)s1. The zero-order chi connectivity index (χ0) is 15.5. The molecule has 1 aromatic heterocycles. The van der Waals surface area contributed by atoms with Gasteiger partial charge in [0.1, 0.15) is 0 Å². The van der Waals surface area contributed by atoms with Crippen LogP contribution in [0.4, 0.5) is 0 Å². The number of hydrogen-bond donors (Lipinski definition) is 3. The Bertz CT molecular complexity index is 662. The highest BCUT2D eigenvalue weighted by Gasteiger charge is 2.25. The third kappa shape index (κ3) is 4.55. The van der Waals surface area contributed by atoms with Gasteiger partial charge in [-0.15, -0.1) is 23.7 Å². The average Bonchev–Trinajstić information content (AvgIpc) is 3.15. The number of carbonyl (C=O) groups excluding carboxylic acids is 1. The van der Waals surface area contributed by atoms with Crippen molar-refractivity contribution in [3.8, 4) is 10.4 Å². The van der Waals surface area contributed by atoms with Crippen molar-refractivity contribution in [3.05, 3.63) is 45.7 Å². The number of hydrogen-bond acceptors (Lipinski definition) is 4. The van der Waals surface area contributed by atoms with E-state index >= 15 is 0 Å². The van der Waals surface area contributed by atoms with Crippen LogP contribution in [0.5, 0.6) is 0 Å². The number of aliphatic hydroxyl groups is 1. The highest BCUT2D eigenvalue weighted by molar-refractivity contribution is 9.10. The highest BCUT2D eigenvalue weighted by Crippen LogP contribution is 2.29. The molecule has 1 amide bonds. The van der Waals surface area contributed by atoms with Gasteiger partial charge < -0.3 is 15.7 Å². The lowest BCUT2D eigenvalue weighted by atomic mass is 10.1. The van der Waals surface area contributed by atoms with Crippen LogP contribution in [0.2, 0.25) is 0 Å². The number of carbonyl (C=O) groups is 1. The lowest BCUT2D eigenvalue weighted by molar-refractivity contribution is 0.0931. The molecule has 124 valence electrons. The van der Waals surface area contributed by atoms with Crippen molar-refractivity contribution >= 4 is 45.6 Å². The molecular weight excluding hydrogens is 400 g/mol. The second kappa shape index (κ2) is 8.26. The van der Waals surface area contributed by atoms with Crippen LogP contribution in [-0.2, 0) is 0 Å². The van der Waals surface area contributed by atoms with Gasteiger partial charge in [0, 0.05) is 34.9 Å². The molecule has 3 N–H and O–H groups in total. The Kier molecular flexibility index (Phi) is 6.61. The van der Waals surface area contributed by atoms with Gasteiger partial charge >= 0.3 is 0 Å². The van der Waals surface area contributed by atoms with Crippen molar-refractivity contribution in [1.82, 2.24) is 10.6 Å². The minimum Gasteiger partial charge on any atom is -0.391 e. The molecule has 0 bridgehead atoms. The van der Waals surface area contributed by atoms with Crippen LogP contribution < -0.4 is 10.6 Å². The number of halogens is 2. The van der Waals surface area contributed by atoms with Gasteiger partial charge in [0.25, 0.3) is 5.91 Å². The van der Waals surface area contributed by atoms with Crippen molar-refractivity contribution in [2.45, 2.75) is 6.10 Å². The maximum Gasteiger partial charge on any atom is 0.261 e. The lowest BCUT2D eigenvalue weighted by Crippen LogP contribution is -2.33. The fourth-order valence-electron chi connectivity index (χ4n) is 2.47. The van der Waals surface area contributed by atoms with E-state index in [1.807, 2.05) is 36.4 Å². The van der Waals surface area contributed by atoms with E-state index in [2.05, 4.69) is 26.6 Å². The molecule has 3 rings (SSSR count). The van der Waals surface area contributed by atoms with E-state index in [9.17, 15) is 9.90 Å². The molecule has 0 saturated carbocycles. The first-order valence-corrected chi connectivity index (χ1v) is 8.77. The molecule has 1 aromatic carbocycles. The van der Waals surface area contributed by atoms with Gasteiger partial charge in [-0.25, -0.2) is 0 Å². The summed E-state index contributed by atoms with van der Waals surface area (Å²) in [6.07, 6.45) is -0.373. The zero-order valence-corrected chi connectivity index (χ0v) is 15.5. The molecule has 2 aromatic rings. The smallest absolute Gasteiger partial charge is 0.261 e. The lowest BCUT2D eigenvalue weighted by Gasteiger charge is -2.13. The van der Waals surface area contributed by atoms with Crippen LogP contribution >= 0.6 is 39.7 Å². The number of thiophene rings is 1. The third-order valence-electron chi connectivity index (χ3n) is 3.79. The summed E-state index contributed by atoms with van der Waals surface area (Å²) in [6, 6.07) is 11.8. The minimum atomic E-state index is -0.373. The van der Waals surface area contributed by atoms with Gasteiger partial charge in [0.15, 0.2) is 0 Å². The first-order chi connectivity index (χ1) is 10.6. The Morgan fingerprint density at radius 1 is 1.26 bits per heavy atom. The molecule has 1 saturated heterocycles. The molecule has 7 heteroatoms. The van der Waals surface area contributed by atoms with Crippen LogP contribution in [0.1, 0.15) is 9.67 Å². The van der Waals surface area contributed by atoms with Crippen LogP contribution in [0.3, 0.4) is 0 Å². The Hall–Kier alpha value is -0.920. The summed E-state index contributed by atoms with van der Waals surface area (Å²) in [5.74, 6) is 0.0160. The van der Waals surface area contributed by atoms with Gasteiger partial charge in [-0.3, -0.25) is 4.79 Å². The van der Waals surface area contributed by atoms with Crippen LogP contribution in [-0.4, -0.2) is 36.8 Å². The number of benzene rings is 1. The first kappa shape index (κ1) is 18.4. The molecule has 1 aliphatic rings. The molecule has 1 aliphatic heterocycles. The summed E-state index contributed by atoms with van der Waals surface area (Å²) in [5, 5.41) is 15.8. The molecule has 1 fully saturated rings. The monoisotopic (exact) mass is 416 g/mol. The molecule has 2 atom stereocenters. The minimum absolute atomic E-state index is 0. The van der Waals surface area contributed by atoms with Crippen molar-refractivity contribution in [1.29, 1.82) is 0 Å². The fourth-order valence-corrected chi connectivity index (χ4v) is 3.66. The second-order valence-corrected chi connectivity index (χ2v) is 7.37. The van der Waals surface area contributed by atoms with Gasteiger partial charge in [-0.2, -0.15) is 0 Å². The number of rotatable bonds is 4. The summed E-state index contributed by atoms with van der Waals surface area (Å²) in [5.41, 5.74) is 1.10. The van der Waals surface area contributed by atoms with E-state index in [0.717, 1.165) is 21.5 Å². The number of nitrogens with one attached hydrogen (secondary N) is 2. The van der Waals surface area contributed by atoms with E-state index in [-0.39, 0.29) is 30.3 Å². The van der Waals surface area contributed by atoms with E-state index in [4.69, 9.17) is 0 Å². The third-order valence-corrected chi connectivity index (χ3v) is 5.45. The maximum absolute atomic E-state index is 12.2. The Morgan fingerprint density at radius 3 is 2.65 bits per heavy atom. The predicted octanol–water partition coefficient (Wildman–Crippen LogP) is 2.91. The van der Waals surface area contributed by atoms with E-state index in [1.165, 1.54) is 11.3 Å². The second-order valence-electron chi connectivity index (χ2n) is 5.37. The van der Waals surface area contributed by atoms with Crippen molar-refractivity contribution in [3.63, 3.8) is 0 Å². The Morgan fingerprint density at radius 2 is 2.00 bits per heavy atom. The van der Waals surface area contributed by atoms with E-state index in [1.54, 1.807) is 0 Å². The van der Waals surface area contributed by atoms with E-state index in [0.29, 0.717) is 18.0 Å². The molecule has 23 heavy (non-hydrogen) atoms. The van der Waals surface area contributed by atoms with Gasteiger partial charge in [0.2, 0.25) is 0 Å². The molecule has 0 radical (unpaired) electrons. The van der Waals surface area contributed by atoms with Crippen molar-refractivity contribution < 1.29 is 9.90 Å². The molecule has 2 unspecified atom stereocenters. The summed E-state index contributed by atoms with van der Waals surface area (Å²) < 4.78 is 1.04. The van der Waals surface area contributed by atoms with Crippen LogP contribution in [0.15, 0.2) is 40.9 Å². The largest absolute Gasteiger partial charge is 0.391 e. The number of aliphatic hydroxyl groups excluding tert-OH is 1. The van der Waals surface area contributed by atoms with Gasteiger partial charge in [0.05, 0.1) is 11.0 Å². The molecule has 0 aliphatic carbocycles. The Labute approximate surface area is 153 Å². The van der Waals surface area contributed by atoms with Crippen molar-refractivity contribution in [2.75, 3.05) is 19.6 Å². The maximum atomic E-state index is 12.2. The topological polar surface area (TPSA) is 61.4 Å². The molecule has 4 nitrogen and oxygen atoms in total. The molecular formula is C16H18BrClN2O2S. The van der Waals surface area contributed by atoms with Gasteiger partial charge in [-0.1, -0.05) is 28.1 Å². The normalized spacial score (nSPS) is 20.1. The summed E-state index contributed by atoms with van der Waals surface area (Å²) in [4.78, 5) is 14.0. The summed E-state index contributed by atoms with van der Waals surface area (Å²) in [7, 11) is 0. The van der Waals surface area contributed by atoms with Gasteiger partial charge in [-0.05, 0) is 29.8 Å². The quantitative estimate of drug-likeness (QED) is 0.717. The molecule has 0 spiro atoms. The zero-order valence-electron chi connectivity index (χ0n) is 12.3. The highest BCUT2D eigenvalue weighted by atomic mass is 79.9. The summed E-state index contributed by atoms with van der Waals surface area (Å²) in [6.45, 7) is 1.85. The predicted molar refractivity (Wildman–Crippen MR) is 99.4 cm³/mol. The summed E-state index contributed by atoms with van der Waals surface area (Å²) >= 11 is 4.90. The standard InChI is InChI=1S/C16H17BrN2O2S.ClH/c17-12-3-1-10(2-4-12)14-5-6-15(22-14)16(21)19-8-11-7-18-9-13(11)20;/h1-6,11,13,18,20H,7-9H2,(H,19,21);1H. The number of β-amino-alcohol motifs (C(OH)–C–C–N with tert-alkyl or cyclic N) is 1. The number of amides is 1. The van der Waals surface area contributed by atoms with Crippen molar-refractivity contribution in [2.24, 2.45) is 5.92 Å². The molecule has 2 heterocycles. The Balaban J connectivity index is 0.00000192. The fraction of sp³-hybridized carbons (Fsp3) is 0.312. The average molecular weight is 418 g/mol. The van der Waals surface area contributed by atoms with Crippen LogP contribution in [0.25, 0.3) is 10.4 Å². The first-order valence-electron chi connectivity index (χ1n) is 7.16.